The van der Waals surface area contributed by atoms with Gasteiger partial charge in [0.05, 0.1) is 27.5 Å². The Bertz CT molecular complexity index is 2240. The highest BCUT2D eigenvalue weighted by molar-refractivity contribution is 7.99. The van der Waals surface area contributed by atoms with Crippen LogP contribution in [-0.4, -0.2) is 30.7 Å². The highest BCUT2D eigenvalue weighted by Gasteiger charge is 2.32. The van der Waals surface area contributed by atoms with Crippen LogP contribution in [0, 0.1) is 0 Å². The predicted molar refractivity (Wildman–Crippen MR) is 172 cm³/mol. The number of furan rings is 1. The van der Waals surface area contributed by atoms with Crippen molar-refractivity contribution in [3.05, 3.63) is 144 Å². The summed E-state index contributed by atoms with van der Waals surface area (Å²) in [4.78, 5) is 32.8. The highest BCUT2D eigenvalue weighted by Crippen LogP contribution is 2.32. The molecule has 0 bridgehead atoms. The lowest BCUT2D eigenvalue weighted by molar-refractivity contribution is -0.113. The second kappa shape index (κ2) is 12.2. The number of nitrogens with one attached hydrogen (secondary N) is 1. The molecule has 4 heterocycles. The van der Waals surface area contributed by atoms with E-state index in [1.165, 1.54) is 23.1 Å². The van der Waals surface area contributed by atoms with Crippen LogP contribution in [0.3, 0.4) is 0 Å². The molecule has 0 unspecified atom stereocenters. The molecule has 0 spiro atoms. The first-order valence-electron chi connectivity index (χ1n) is 13.7. The summed E-state index contributed by atoms with van der Waals surface area (Å²) in [6.07, 6.45) is 1.68. The van der Waals surface area contributed by atoms with Gasteiger partial charge in [-0.1, -0.05) is 71.5 Å². The van der Waals surface area contributed by atoms with E-state index in [-0.39, 0.29) is 11.5 Å². The Hall–Kier alpha value is -5.04. The predicted octanol–water partition coefficient (Wildman–Crippen LogP) is 5.25. The van der Waals surface area contributed by atoms with Gasteiger partial charge < -0.3 is 9.73 Å². The van der Waals surface area contributed by atoms with E-state index < -0.39 is 6.04 Å². The van der Waals surface area contributed by atoms with Gasteiger partial charge in [-0.25, -0.2) is 4.99 Å². The van der Waals surface area contributed by atoms with Crippen molar-refractivity contribution in [3.8, 4) is 5.69 Å². The molecule has 0 fully saturated rings. The van der Waals surface area contributed by atoms with E-state index in [9.17, 15) is 9.59 Å². The summed E-state index contributed by atoms with van der Waals surface area (Å²) in [5.41, 5.74) is 2.78. The molecule has 13 heteroatoms. The van der Waals surface area contributed by atoms with E-state index in [1.54, 1.807) is 58.6 Å². The van der Waals surface area contributed by atoms with Crippen LogP contribution in [0.2, 0.25) is 5.02 Å². The number of carbonyl (C=O) groups is 1. The van der Waals surface area contributed by atoms with Gasteiger partial charge in [0.1, 0.15) is 5.76 Å². The Morgan fingerprint density at radius 3 is 2.49 bits per heavy atom. The van der Waals surface area contributed by atoms with Crippen molar-refractivity contribution in [2.45, 2.75) is 23.2 Å². The number of carbonyl (C=O) groups excluding carboxylic acids is 1. The number of amides is 1. The van der Waals surface area contributed by atoms with Crippen LogP contribution in [0.4, 0.5) is 5.69 Å². The van der Waals surface area contributed by atoms with Gasteiger partial charge in [-0.2, -0.15) is 4.68 Å². The fraction of sp³-hybridized carbons (Fsp3) is 0.0625. The first-order valence-corrected chi connectivity index (χ1v) is 15.7. The Morgan fingerprint density at radius 1 is 1.00 bits per heavy atom. The van der Waals surface area contributed by atoms with Crippen LogP contribution in [0.15, 0.2) is 133 Å². The molecule has 1 amide bonds. The Morgan fingerprint density at radius 2 is 1.73 bits per heavy atom. The molecule has 1 atom stereocenters. The lowest BCUT2D eigenvalue weighted by atomic mass is 9.95. The number of allylic oxidation sites excluding steroid dienone is 1. The maximum atomic E-state index is 14.0. The van der Waals surface area contributed by atoms with E-state index in [0.717, 1.165) is 11.3 Å². The van der Waals surface area contributed by atoms with Gasteiger partial charge in [0.15, 0.2) is 9.89 Å². The molecule has 0 aliphatic carbocycles. The van der Waals surface area contributed by atoms with Crippen LogP contribution in [0.5, 0.6) is 0 Å². The van der Waals surface area contributed by atoms with Crippen LogP contribution in [0.25, 0.3) is 11.8 Å². The summed E-state index contributed by atoms with van der Waals surface area (Å²) in [6.45, 7) is 1.78. The summed E-state index contributed by atoms with van der Waals surface area (Å²) >= 11 is 8.68. The third kappa shape index (κ3) is 5.78. The summed E-state index contributed by atoms with van der Waals surface area (Å²) in [7, 11) is 0. The number of hydrogen-bond acceptors (Lipinski definition) is 9. The molecule has 6 aromatic rings. The number of thiazole rings is 1. The number of benzene rings is 3. The zero-order chi connectivity index (χ0) is 30.9. The SMILES string of the molecule is CC1=C(C(=O)Nc2ccccc2)[C@H](c2ccc(Cl)cc2)n2c(s/c(=C\c3ccc(Sc4nnnn4-c4ccccc4)o3)c2=O)=N1. The summed E-state index contributed by atoms with van der Waals surface area (Å²) in [6, 6.07) is 28.7. The number of rotatable bonds is 7. The lowest BCUT2D eigenvalue weighted by Crippen LogP contribution is -2.40. The van der Waals surface area contributed by atoms with Gasteiger partial charge >= 0.3 is 0 Å². The van der Waals surface area contributed by atoms with E-state index in [1.807, 2.05) is 60.7 Å². The number of tetrazole rings is 1. The first-order chi connectivity index (χ1) is 21.9. The van der Waals surface area contributed by atoms with Crippen molar-refractivity contribution >= 4 is 52.4 Å². The van der Waals surface area contributed by atoms with Crippen molar-refractivity contribution in [3.63, 3.8) is 0 Å². The quantitative estimate of drug-likeness (QED) is 0.250. The maximum absolute atomic E-state index is 14.0. The highest BCUT2D eigenvalue weighted by atomic mass is 35.5. The minimum Gasteiger partial charge on any atom is -0.450 e. The lowest BCUT2D eigenvalue weighted by Gasteiger charge is -2.25. The monoisotopic (exact) mass is 651 g/mol. The first kappa shape index (κ1) is 28.7. The molecule has 1 aliphatic heterocycles. The zero-order valence-electron chi connectivity index (χ0n) is 23.5. The van der Waals surface area contributed by atoms with Gasteiger partial charge in [0.25, 0.3) is 11.5 Å². The van der Waals surface area contributed by atoms with Gasteiger partial charge in [0, 0.05) is 16.8 Å². The number of fused-ring (bicyclic) bond motifs is 1. The number of nitrogens with zero attached hydrogens (tertiary/aromatic N) is 6. The number of hydrogen-bond donors (Lipinski definition) is 1. The second-order valence-electron chi connectivity index (χ2n) is 9.92. The standard InChI is InChI=1S/C32H22ClN7O3S2/c1-19-27(29(41)35-22-8-4-2-5-9-22)28(20-12-14-21(33)15-13-20)39-30(42)25(44-31(39)34-19)18-24-16-17-26(43-24)45-32-36-37-38-40(32)23-10-6-3-7-11-23/h2-18,28H,1H3,(H,35,41)/b25-18-/t28-/m0/s1. The van der Waals surface area contributed by atoms with Crippen molar-refractivity contribution in [2.24, 2.45) is 4.99 Å². The molecule has 3 aromatic carbocycles. The third-order valence-electron chi connectivity index (χ3n) is 6.99. The minimum absolute atomic E-state index is 0.296. The summed E-state index contributed by atoms with van der Waals surface area (Å²) in [5.74, 6) is 0.129. The van der Waals surface area contributed by atoms with Crippen LogP contribution in [-0.2, 0) is 4.79 Å². The molecule has 10 nitrogen and oxygen atoms in total. The summed E-state index contributed by atoms with van der Waals surface area (Å²) in [5, 5.41) is 16.6. The largest absolute Gasteiger partial charge is 0.450 e. The van der Waals surface area contributed by atoms with Gasteiger partial charge in [-0.05, 0) is 83.2 Å². The molecule has 1 aliphatic rings. The smallest absolute Gasteiger partial charge is 0.271 e. The Balaban J connectivity index is 1.24. The van der Waals surface area contributed by atoms with E-state index in [4.69, 9.17) is 21.0 Å². The topological polar surface area (TPSA) is 120 Å². The molecule has 7 rings (SSSR count). The van der Waals surface area contributed by atoms with Crippen molar-refractivity contribution < 1.29 is 9.21 Å². The number of aromatic nitrogens is 5. The van der Waals surface area contributed by atoms with Crippen LogP contribution < -0.4 is 20.2 Å². The fourth-order valence-electron chi connectivity index (χ4n) is 4.95. The van der Waals surface area contributed by atoms with E-state index in [0.29, 0.717) is 47.3 Å². The Labute approximate surface area is 269 Å². The number of para-hydroxylation sites is 2. The van der Waals surface area contributed by atoms with Crippen LogP contribution >= 0.6 is 34.7 Å². The zero-order valence-corrected chi connectivity index (χ0v) is 25.9. The van der Waals surface area contributed by atoms with E-state index in [2.05, 4.69) is 20.8 Å². The molecular weight excluding hydrogens is 630 g/mol. The van der Waals surface area contributed by atoms with Crippen molar-refractivity contribution in [2.75, 3.05) is 5.32 Å². The second-order valence-corrected chi connectivity index (χ2v) is 12.3. The van der Waals surface area contributed by atoms with Gasteiger partial charge in [-0.15, -0.1) is 5.10 Å². The molecule has 0 saturated carbocycles. The average Bonchev–Trinajstić information content (AvgIpc) is 3.77. The van der Waals surface area contributed by atoms with Crippen LogP contribution in [0.1, 0.15) is 24.3 Å². The third-order valence-corrected chi connectivity index (χ3v) is 9.09. The molecule has 0 saturated heterocycles. The van der Waals surface area contributed by atoms with E-state index >= 15 is 0 Å². The molecular formula is C32H22ClN7O3S2. The van der Waals surface area contributed by atoms with Crippen molar-refractivity contribution in [1.29, 1.82) is 0 Å². The number of halogens is 1. The van der Waals surface area contributed by atoms with Crippen molar-refractivity contribution in [1.82, 2.24) is 24.8 Å². The average molecular weight is 652 g/mol. The maximum Gasteiger partial charge on any atom is 0.271 e. The normalized spacial score (nSPS) is 14.7. The molecule has 1 N–H and O–H groups in total. The fourth-order valence-corrected chi connectivity index (χ4v) is 6.86. The molecule has 222 valence electrons. The van der Waals surface area contributed by atoms with Gasteiger partial charge in [-0.3, -0.25) is 14.2 Å². The van der Waals surface area contributed by atoms with Gasteiger partial charge in [0.2, 0.25) is 5.16 Å². The Kier molecular flexibility index (Phi) is 7.76. The molecule has 3 aromatic heterocycles. The number of anilines is 1. The molecule has 45 heavy (non-hydrogen) atoms. The molecule has 0 radical (unpaired) electrons. The minimum atomic E-state index is -0.719. The summed E-state index contributed by atoms with van der Waals surface area (Å²) < 4.78 is 9.63.